The third-order valence-corrected chi connectivity index (χ3v) is 6.53. The highest BCUT2D eigenvalue weighted by Gasteiger charge is 2.36. The van der Waals surface area contributed by atoms with Crippen molar-refractivity contribution in [1.29, 1.82) is 0 Å². The minimum absolute atomic E-state index is 0.302. The van der Waals surface area contributed by atoms with Gasteiger partial charge in [-0.2, -0.15) is 5.10 Å². The maximum absolute atomic E-state index is 12.3. The zero-order valence-electron chi connectivity index (χ0n) is 17.2. The molecule has 31 heavy (non-hydrogen) atoms. The normalized spacial score (nSPS) is 18.7. The number of carbonyl (C=O) groups excluding carboxylic acids is 1. The van der Waals surface area contributed by atoms with Crippen LogP contribution in [-0.2, 0) is 11.3 Å². The second-order valence-electron chi connectivity index (χ2n) is 8.73. The number of carbonyl (C=O) groups is 1. The van der Waals surface area contributed by atoms with E-state index in [9.17, 15) is 4.79 Å². The van der Waals surface area contributed by atoms with Gasteiger partial charge in [0.15, 0.2) is 5.82 Å². The Bertz CT molecular complexity index is 1240. The summed E-state index contributed by atoms with van der Waals surface area (Å²) in [6, 6.07) is 14.6. The Morgan fingerprint density at radius 3 is 2.74 bits per heavy atom. The monoisotopic (exact) mass is 412 g/mol. The number of H-pyrrole nitrogens is 1. The van der Waals surface area contributed by atoms with Crippen molar-refractivity contribution in [2.24, 2.45) is 11.8 Å². The van der Waals surface area contributed by atoms with Crippen molar-refractivity contribution in [3.05, 3.63) is 55.0 Å². The fourth-order valence-electron chi connectivity index (χ4n) is 4.68. The van der Waals surface area contributed by atoms with Gasteiger partial charge in [0.05, 0.1) is 11.7 Å². The first-order valence-electron chi connectivity index (χ1n) is 11.0. The van der Waals surface area contributed by atoms with Crippen LogP contribution in [0.25, 0.3) is 33.4 Å². The van der Waals surface area contributed by atoms with Crippen LogP contribution in [-0.4, -0.2) is 48.9 Å². The summed E-state index contributed by atoms with van der Waals surface area (Å²) in [5.41, 5.74) is 4.38. The fourth-order valence-corrected chi connectivity index (χ4v) is 4.68. The first-order valence-corrected chi connectivity index (χ1v) is 11.0. The average Bonchev–Trinajstić information content (AvgIpc) is 3.17. The lowest BCUT2D eigenvalue weighted by Crippen LogP contribution is -2.30. The van der Waals surface area contributed by atoms with Crippen LogP contribution in [0.2, 0.25) is 0 Å². The van der Waals surface area contributed by atoms with Gasteiger partial charge in [0, 0.05) is 36.5 Å². The van der Waals surface area contributed by atoms with E-state index in [0.29, 0.717) is 17.7 Å². The van der Waals surface area contributed by atoms with Crippen molar-refractivity contribution in [2.75, 3.05) is 13.1 Å². The van der Waals surface area contributed by atoms with E-state index in [-0.39, 0.29) is 0 Å². The quantitative estimate of drug-likeness (QED) is 0.541. The third kappa shape index (κ3) is 3.40. The number of aromatic amines is 1. The minimum Gasteiger partial charge on any atom is -0.342 e. The Morgan fingerprint density at radius 2 is 1.90 bits per heavy atom. The molecule has 156 valence electrons. The third-order valence-electron chi connectivity index (χ3n) is 6.53. The molecule has 0 bridgehead atoms. The number of nitrogens with one attached hydrogen (secondary N) is 1. The van der Waals surface area contributed by atoms with Crippen LogP contribution >= 0.6 is 0 Å². The molecule has 2 aromatic heterocycles. The summed E-state index contributed by atoms with van der Waals surface area (Å²) in [7, 11) is 0. The van der Waals surface area contributed by atoms with Crippen molar-refractivity contribution in [2.45, 2.75) is 25.8 Å². The van der Waals surface area contributed by atoms with E-state index >= 15 is 0 Å². The average molecular weight is 412 g/mol. The van der Waals surface area contributed by atoms with Crippen LogP contribution in [0.1, 0.15) is 19.3 Å². The molecule has 0 radical (unpaired) electrons. The Morgan fingerprint density at radius 1 is 1.06 bits per heavy atom. The number of aromatic nitrogens is 5. The number of nitrogens with zero attached hydrogens (tertiary/aromatic N) is 5. The summed E-state index contributed by atoms with van der Waals surface area (Å²) in [6.45, 7) is 2.57. The Kier molecular flexibility index (Phi) is 4.33. The molecule has 1 saturated heterocycles. The molecule has 1 atom stereocenters. The summed E-state index contributed by atoms with van der Waals surface area (Å²) in [5.74, 6) is 1.99. The molecule has 2 aromatic carbocycles. The summed E-state index contributed by atoms with van der Waals surface area (Å²) in [4.78, 5) is 14.4. The summed E-state index contributed by atoms with van der Waals surface area (Å²) in [6.07, 6.45) is 6.86. The minimum atomic E-state index is 0.302. The predicted molar refractivity (Wildman–Crippen MR) is 118 cm³/mol. The first-order chi connectivity index (χ1) is 15.3. The van der Waals surface area contributed by atoms with Gasteiger partial charge in [0.25, 0.3) is 0 Å². The molecular weight excluding hydrogens is 388 g/mol. The Hall–Kier alpha value is -3.48. The molecule has 7 heteroatoms. The summed E-state index contributed by atoms with van der Waals surface area (Å²) < 4.78 is 2.13. The van der Waals surface area contributed by atoms with Crippen molar-refractivity contribution >= 4 is 16.8 Å². The van der Waals surface area contributed by atoms with Gasteiger partial charge in [-0.25, -0.2) is 0 Å². The topological polar surface area (TPSA) is 79.7 Å². The molecule has 7 nitrogen and oxygen atoms in total. The maximum atomic E-state index is 12.3. The standard InChI is InChI=1S/C24H24N6O/c31-24(19-8-9-19)29-11-10-16(13-29)14-30-15-26-28-23(30)18-6-4-17(5-7-18)20-2-1-3-22-21(20)12-25-27-22/h1-7,12,15-16,19H,8-11,13-14H2,(H,25,27)/t16-/m1/s1. The van der Waals surface area contributed by atoms with Gasteiger partial charge < -0.3 is 9.47 Å². The molecule has 3 heterocycles. The van der Waals surface area contributed by atoms with Crippen LogP contribution in [0, 0.1) is 11.8 Å². The Labute approximate surface area is 180 Å². The highest BCUT2D eigenvalue weighted by atomic mass is 16.2. The Balaban J connectivity index is 1.20. The van der Waals surface area contributed by atoms with E-state index in [2.05, 4.69) is 60.2 Å². The molecule has 0 unspecified atom stereocenters. The first kappa shape index (κ1) is 18.3. The van der Waals surface area contributed by atoms with Gasteiger partial charge in [-0.3, -0.25) is 9.89 Å². The van der Waals surface area contributed by atoms with E-state index in [0.717, 1.165) is 72.3 Å². The lowest BCUT2D eigenvalue weighted by Gasteiger charge is -2.17. The van der Waals surface area contributed by atoms with Gasteiger partial charge in [0.2, 0.25) is 5.91 Å². The molecule has 2 fully saturated rings. The summed E-state index contributed by atoms with van der Waals surface area (Å²) in [5, 5.41) is 16.9. The zero-order valence-corrected chi connectivity index (χ0v) is 17.2. The molecule has 1 amide bonds. The van der Waals surface area contributed by atoms with Crippen molar-refractivity contribution < 1.29 is 4.79 Å². The van der Waals surface area contributed by atoms with E-state index in [1.165, 1.54) is 0 Å². The molecule has 1 N–H and O–H groups in total. The number of hydrogen-bond donors (Lipinski definition) is 1. The van der Waals surface area contributed by atoms with Crippen molar-refractivity contribution in [3.8, 4) is 22.5 Å². The van der Waals surface area contributed by atoms with E-state index < -0.39 is 0 Å². The van der Waals surface area contributed by atoms with Gasteiger partial charge in [-0.15, -0.1) is 10.2 Å². The van der Waals surface area contributed by atoms with Gasteiger partial charge >= 0.3 is 0 Å². The van der Waals surface area contributed by atoms with Crippen LogP contribution in [0.15, 0.2) is 55.0 Å². The number of benzene rings is 2. The van der Waals surface area contributed by atoms with Crippen molar-refractivity contribution in [1.82, 2.24) is 29.9 Å². The number of rotatable bonds is 5. The second kappa shape index (κ2) is 7.34. The van der Waals surface area contributed by atoms with Gasteiger partial charge in [-0.1, -0.05) is 36.4 Å². The molecule has 0 spiro atoms. The molecule has 1 saturated carbocycles. The number of likely N-dealkylation sites (tertiary alicyclic amines) is 1. The SMILES string of the molecule is O=C(C1CC1)N1CC[C@@H](Cn2cnnc2-c2ccc(-c3cccc4[nH]ncc34)cc2)C1. The zero-order chi connectivity index (χ0) is 20.8. The lowest BCUT2D eigenvalue weighted by atomic mass is 10.0. The van der Waals surface area contributed by atoms with Crippen molar-refractivity contribution in [3.63, 3.8) is 0 Å². The van der Waals surface area contributed by atoms with E-state index in [4.69, 9.17) is 0 Å². The van der Waals surface area contributed by atoms with Crippen LogP contribution in [0.5, 0.6) is 0 Å². The van der Waals surface area contributed by atoms with Crippen LogP contribution in [0.4, 0.5) is 0 Å². The van der Waals surface area contributed by atoms with E-state index in [1.54, 1.807) is 6.33 Å². The molecule has 1 aliphatic heterocycles. The van der Waals surface area contributed by atoms with E-state index in [1.807, 2.05) is 18.3 Å². The number of hydrogen-bond acceptors (Lipinski definition) is 4. The summed E-state index contributed by atoms with van der Waals surface area (Å²) >= 11 is 0. The van der Waals surface area contributed by atoms with Gasteiger partial charge in [-0.05, 0) is 42.4 Å². The molecule has 4 aromatic rings. The van der Waals surface area contributed by atoms with Crippen LogP contribution in [0.3, 0.4) is 0 Å². The molecule has 6 rings (SSSR count). The molecular formula is C24H24N6O. The highest BCUT2D eigenvalue weighted by molar-refractivity contribution is 5.94. The largest absolute Gasteiger partial charge is 0.342 e. The fraction of sp³-hybridized carbons (Fsp3) is 0.333. The second-order valence-corrected chi connectivity index (χ2v) is 8.73. The predicted octanol–water partition coefficient (Wildman–Crippen LogP) is 3.75. The molecule has 1 aliphatic carbocycles. The molecule has 2 aliphatic rings. The maximum Gasteiger partial charge on any atom is 0.225 e. The van der Waals surface area contributed by atoms with Crippen LogP contribution < -0.4 is 0 Å². The highest BCUT2D eigenvalue weighted by Crippen LogP contribution is 2.33. The number of fused-ring (bicyclic) bond motifs is 1. The van der Waals surface area contributed by atoms with Gasteiger partial charge in [0.1, 0.15) is 6.33 Å². The smallest absolute Gasteiger partial charge is 0.225 e. The lowest BCUT2D eigenvalue weighted by molar-refractivity contribution is -0.131. The number of amides is 1.